The highest BCUT2D eigenvalue weighted by Crippen LogP contribution is 2.30. The van der Waals surface area contributed by atoms with Crippen LogP contribution in [-0.4, -0.2) is 85.7 Å². The fraction of sp³-hybridized carbons (Fsp3) is 0.355. The van der Waals surface area contributed by atoms with Crippen molar-refractivity contribution in [3.8, 4) is 34.5 Å². The Kier molecular flexibility index (Phi) is 7.40. The first-order valence-electron chi connectivity index (χ1n) is 14.5. The summed E-state index contributed by atoms with van der Waals surface area (Å²) in [4.78, 5) is 18.9. The Morgan fingerprint density at radius 1 is 0.930 bits per heavy atom. The number of hydrogen-bond acceptors (Lipinski definition) is 10. The maximum atomic E-state index is 9.79. The fourth-order valence-electron chi connectivity index (χ4n) is 5.79. The number of hydrogen-bond donors (Lipinski definition) is 0. The van der Waals surface area contributed by atoms with Crippen molar-refractivity contribution >= 4 is 11.3 Å². The molecular weight excluding hydrogens is 544 g/mol. The molecule has 2 aliphatic heterocycles. The molecule has 12 nitrogen and oxygen atoms in total. The van der Waals surface area contributed by atoms with Crippen LogP contribution in [0.5, 0.6) is 5.88 Å². The molecule has 0 N–H and O–H groups in total. The largest absolute Gasteiger partial charge is 0.481 e. The van der Waals surface area contributed by atoms with Crippen molar-refractivity contribution in [3.63, 3.8) is 0 Å². The number of piperazine rings is 1. The number of methoxy groups -OCH3 is 1. The molecule has 5 aromatic rings. The first-order valence-corrected chi connectivity index (χ1v) is 14.5. The maximum Gasteiger partial charge on any atom is 0.212 e. The van der Waals surface area contributed by atoms with E-state index in [1.54, 1.807) is 17.8 Å². The van der Waals surface area contributed by atoms with Gasteiger partial charge in [0.05, 0.1) is 43.1 Å². The number of nitrogens with zero attached hydrogens (tertiary/aromatic N) is 10. The average Bonchev–Trinajstić information content (AvgIpc) is 3.74. The second-order valence-corrected chi connectivity index (χ2v) is 10.9. The Labute approximate surface area is 249 Å². The van der Waals surface area contributed by atoms with Crippen LogP contribution in [0.25, 0.3) is 28.0 Å². The zero-order valence-electron chi connectivity index (χ0n) is 24.0. The molecule has 12 heteroatoms. The van der Waals surface area contributed by atoms with Crippen molar-refractivity contribution in [1.82, 2.24) is 39.2 Å². The second-order valence-electron chi connectivity index (χ2n) is 10.9. The van der Waals surface area contributed by atoms with E-state index in [-0.39, 0.29) is 0 Å². The summed E-state index contributed by atoms with van der Waals surface area (Å²) >= 11 is 0. The molecule has 7 rings (SSSR count). The van der Waals surface area contributed by atoms with Gasteiger partial charge >= 0.3 is 0 Å². The fourth-order valence-corrected chi connectivity index (χ4v) is 5.79. The molecule has 0 aliphatic carbocycles. The van der Waals surface area contributed by atoms with Gasteiger partial charge in [0.15, 0.2) is 0 Å². The number of rotatable bonds is 7. The normalized spacial score (nSPS) is 16.4. The van der Waals surface area contributed by atoms with Gasteiger partial charge in [-0.2, -0.15) is 15.5 Å². The molecule has 2 aliphatic rings. The molecule has 0 amide bonds. The number of nitriles is 1. The van der Waals surface area contributed by atoms with Crippen LogP contribution < -0.4 is 9.64 Å². The summed E-state index contributed by atoms with van der Waals surface area (Å²) in [6, 6.07) is 10.6. The van der Waals surface area contributed by atoms with E-state index in [1.165, 1.54) is 5.56 Å². The van der Waals surface area contributed by atoms with Gasteiger partial charge in [-0.3, -0.25) is 9.58 Å². The van der Waals surface area contributed by atoms with Crippen LogP contribution >= 0.6 is 0 Å². The molecule has 2 fully saturated rings. The Hall–Kier alpha value is -4.86. The van der Waals surface area contributed by atoms with E-state index >= 15 is 0 Å². The lowest BCUT2D eigenvalue weighted by Crippen LogP contribution is -2.46. The minimum absolute atomic E-state index is 0.318. The van der Waals surface area contributed by atoms with Crippen LogP contribution in [0.2, 0.25) is 0 Å². The Morgan fingerprint density at radius 2 is 1.79 bits per heavy atom. The molecule has 0 aromatic carbocycles. The summed E-state index contributed by atoms with van der Waals surface area (Å²) < 4.78 is 14.4. The van der Waals surface area contributed by atoms with E-state index in [4.69, 9.17) is 19.4 Å². The Balaban J connectivity index is 1.10. The molecule has 0 spiro atoms. The van der Waals surface area contributed by atoms with Crippen LogP contribution in [0.15, 0.2) is 61.4 Å². The maximum absolute atomic E-state index is 9.79. The van der Waals surface area contributed by atoms with E-state index in [1.807, 2.05) is 53.9 Å². The molecule has 0 bridgehead atoms. The molecular formula is C31H32N10O2. The van der Waals surface area contributed by atoms with Gasteiger partial charge in [0, 0.05) is 81.7 Å². The second kappa shape index (κ2) is 11.8. The highest BCUT2D eigenvalue weighted by Gasteiger charge is 2.21. The average molecular weight is 577 g/mol. The quantitative estimate of drug-likeness (QED) is 0.284. The molecule has 7 heterocycles. The van der Waals surface area contributed by atoms with Gasteiger partial charge in [-0.25, -0.2) is 19.5 Å². The summed E-state index contributed by atoms with van der Waals surface area (Å²) in [5, 5.41) is 18.9. The number of anilines is 1. The topological polar surface area (TPSA) is 123 Å². The number of fused-ring (bicyclic) bond motifs is 1. The summed E-state index contributed by atoms with van der Waals surface area (Å²) in [5.74, 6) is 1.55. The lowest BCUT2D eigenvalue weighted by atomic mass is 10.1. The van der Waals surface area contributed by atoms with Gasteiger partial charge in [0.1, 0.15) is 23.0 Å². The smallest absolute Gasteiger partial charge is 0.212 e. The van der Waals surface area contributed by atoms with E-state index in [0.717, 1.165) is 81.4 Å². The van der Waals surface area contributed by atoms with Crippen LogP contribution in [0.3, 0.4) is 0 Å². The summed E-state index contributed by atoms with van der Waals surface area (Å²) in [7, 11) is 1.63. The van der Waals surface area contributed by atoms with Crippen molar-refractivity contribution < 1.29 is 9.47 Å². The lowest BCUT2D eigenvalue weighted by molar-refractivity contribution is 0.0662. The number of ether oxygens (including phenoxy) is 2. The number of aromatic nitrogens is 7. The third-order valence-electron chi connectivity index (χ3n) is 8.21. The molecule has 0 saturated carbocycles. The van der Waals surface area contributed by atoms with Gasteiger partial charge < -0.3 is 14.4 Å². The SMILES string of the molecule is COc1ccc(CN2CCN(c3ccc(-c4nc(-c5cnn(C6CCOCC6)c5)cn5ncc(C#N)c45)cn3)CC2)cn1. The predicted molar refractivity (Wildman–Crippen MR) is 160 cm³/mol. The van der Waals surface area contributed by atoms with Crippen LogP contribution in [0.1, 0.15) is 30.0 Å². The van der Waals surface area contributed by atoms with Crippen molar-refractivity contribution in [2.45, 2.75) is 25.4 Å². The molecule has 5 aromatic heterocycles. The van der Waals surface area contributed by atoms with Crippen LogP contribution in [0, 0.1) is 11.3 Å². The van der Waals surface area contributed by atoms with Crippen molar-refractivity contribution in [2.24, 2.45) is 0 Å². The van der Waals surface area contributed by atoms with Gasteiger partial charge in [-0.1, -0.05) is 6.07 Å². The molecule has 0 radical (unpaired) electrons. The molecule has 0 unspecified atom stereocenters. The summed E-state index contributed by atoms with van der Waals surface area (Å²) in [6.07, 6.45) is 12.9. The van der Waals surface area contributed by atoms with Crippen molar-refractivity contribution in [1.29, 1.82) is 5.26 Å². The lowest BCUT2D eigenvalue weighted by Gasteiger charge is -2.35. The minimum atomic E-state index is 0.318. The zero-order chi connectivity index (χ0) is 29.2. The highest BCUT2D eigenvalue weighted by molar-refractivity contribution is 5.83. The van der Waals surface area contributed by atoms with Gasteiger partial charge in [0.25, 0.3) is 0 Å². The highest BCUT2D eigenvalue weighted by atomic mass is 16.5. The first kappa shape index (κ1) is 27.0. The third-order valence-corrected chi connectivity index (χ3v) is 8.21. The number of pyridine rings is 2. The molecule has 2 saturated heterocycles. The minimum Gasteiger partial charge on any atom is -0.481 e. The molecule has 0 atom stereocenters. The van der Waals surface area contributed by atoms with E-state index in [9.17, 15) is 5.26 Å². The monoisotopic (exact) mass is 576 g/mol. The summed E-state index contributed by atoms with van der Waals surface area (Å²) in [6.45, 7) is 5.98. The summed E-state index contributed by atoms with van der Waals surface area (Å²) in [5.41, 5.74) is 5.44. The van der Waals surface area contributed by atoms with E-state index in [2.05, 4.69) is 37.1 Å². The molecule has 218 valence electrons. The first-order chi connectivity index (χ1) is 21.2. The molecule has 43 heavy (non-hydrogen) atoms. The van der Waals surface area contributed by atoms with E-state index in [0.29, 0.717) is 28.7 Å². The van der Waals surface area contributed by atoms with Gasteiger partial charge in [-0.05, 0) is 30.5 Å². The van der Waals surface area contributed by atoms with Crippen LogP contribution in [-0.2, 0) is 11.3 Å². The van der Waals surface area contributed by atoms with E-state index < -0.39 is 0 Å². The third kappa shape index (κ3) is 5.52. The zero-order valence-corrected chi connectivity index (χ0v) is 24.0. The van der Waals surface area contributed by atoms with Crippen LogP contribution in [0.4, 0.5) is 5.82 Å². The Morgan fingerprint density at radius 3 is 2.51 bits per heavy atom. The van der Waals surface area contributed by atoms with Gasteiger partial charge in [0.2, 0.25) is 5.88 Å². The standard InChI is InChI=1S/C31H32N10O2/c1-42-29-5-2-22(15-34-29)19-38-8-10-39(11-9-38)28-4-3-23(16-33-28)30-31-24(14-32)17-36-41(31)21-27(37-30)25-18-35-40(20-25)26-6-12-43-13-7-26/h2-5,15-18,20-21,26H,6-13,19H2,1H3. The predicted octanol–water partition coefficient (Wildman–Crippen LogP) is 3.60. The van der Waals surface area contributed by atoms with Crippen molar-refractivity contribution in [2.75, 3.05) is 51.4 Å². The van der Waals surface area contributed by atoms with Crippen molar-refractivity contribution in [3.05, 3.63) is 72.6 Å². The Bertz CT molecular complexity index is 1740. The van der Waals surface area contributed by atoms with Gasteiger partial charge in [-0.15, -0.1) is 0 Å².